The molecular weight excluding hydrogens is 569 g/mol. The molecule has 0 aliphatic rings. The fraction of sp³-hybridized carbons (Fsp3) is 1.00. The van der Waals surface area contributed by atoms with Gasteiger partial charge in [0.25, 0.3) is 0 Å². The monoisotopic (exact) mass is 637 g/mol. The Kier molecular flexibility index (Phi) is 38.0. The number of unbranched alkanes of at least 4 members (excludes halogenated alkanes) is 20. The SMILES string of the molecule is CCCCCCCCP(=O)([O-])CCCCCCCC.CCCCCCCCP(=O)([O-])CCCCCCCC.[Co+2]. The fourth-order valence-electron chi connectivity index (χ4n) is 4.76. The van der Waals surface area contributed by atoms with Crippen molar-refractivity contribution in [3.8, 4) is 0 Å². The molecule has 0 bridgehead atoms. The molecule has 0 saturated heterocycles. The Labute approximate surface area is 256 Å². The van der Waals surface area contributed by atoms with Crippen molar-refractivity contribution >= 4 is 14.7 Å². The van der Waals surface area contributed by atoms with Crippen molar-refractivity contribution in [1.82, 2.24) is 0 Å². The molecule has 4 nitrogen and oxygen atoms in total. The second-order valence-corrected chi connectivity index (χ2v) is 16.6. The van der Waals surface area contributed by atoms with Gasteiger partial charge < -0.3 is 18.9 Å². The van der Waals surface area contributed by atoms with Crippen molar-refractivity contribution in [3.63, 3.8) is 0 Å². The van der Waals surface area contributed by atoms with Gasteiger partial charge in [-0.3, -0.25) is 0 Å². The number of hydrogen-bond donors (Lipinski definition) is 0. The molecular formula is C32H68CoO4P2. The summed E-state index contributed by atoms with van der Waals surface area (Å²) in [6, 6.07) is 0. The summed E-state index contributed by atoms with van der Waals surface area (Å²) in [6.45, 7) is 8.80. The molecule has 0 aromatic carbocycles. The van der Waals surface area contributed by atoms with E-state index in [1.54, 1.807) is 0 Å². The van der Waals surface area contributed by atoms with E-state index in [9.17, 15) is 18.9 Å². The van der Waals surface area contributed by atoms with Crippen LogP contribution in [0, 0.1) is 0 Å². The smallest absolute Gasteiger partial charge is 0.799 e. The summed E-state index contributed by atoms with van der Waals surface area (Å²) in [5.74, 6) is 0. The topological polar surface area (TPSA) is 80.3 Å². The van der Waals surface area contributed by atoms with Crippen LogP contribution in [-0.4, -0.2) is 24.6 Å². The van der Waals surface area contributed by atoms with Crippen molar-refractivity contribution in [2.24, 2.45) is 0 Å². The van der Waals surface area contributed by atoms with Crippen LogP contribution < -0.4 is 9.79 Å². The Balaban J connectivity index is -0.000000648. The number of hydrogen-bond acceptors (Lipinski definition) is 4. The van der Waals surface area contributed by atoms with Crippen molar-refractivity contribution in [2.45, 2.75) is 182 Å². The first-order valence-corrected chi connectivity index (χ1v) is 20.8. The third kappa shape index (κ3) is 38.9. The molecule has 0 aromatic rings. The minimum atomic E-state index is -3.05. The van der Waals surface area contributed by atoms with E-state index in [1.807, 2.05) is 0 Å². The first-order valence-electron chi connectivity index (χ1n) is 16.8. The molecule has 39 heavy (non-hydrogen) atoms. The van der Waals surface area contributed by atoms with Crippen LogP contribution in [0.25, 0.3) is 0 Å². The van der Waals surface area contributed by atoms with Crippen molar-refractivity contribution in [1.29, 1.82) is 0 Å². The van der Waals surface area contributed by atoms with Gasteiger partial charge in [-0.25, -0.2) is 0 Å². The maximum Gasteiger partial charge on any atom is 2.00 e. The van der Waals surface area contributed by atoms with Gasteiger partial charge in [0.05, 0.1) is 0 Å². The normalized spacial score (nSPS) is 11.6. The minimum Gasteiger partial charge on any atom is -0.799 e. The molecule has 0 spiro atoms. The van der Waals surface area contributed by atoms with Gasteiger partial charge in [-0.05, 0) is 50.3 Å². The molecule has 0 rings (SSSR count). The van der Waals surface area contributed by atoms with Crippen LogP contribution in [0.15, 0.2) is 0 Å². The average Bonchev–Trinajstić information content (AvgIpc) is 2.88. The van der Waals surface area contributed by atoms with Crippen LogP contribution in [0.4, 0.5) is 0 Å². The Bertz CT molecular complexity index is 472. The van der Waals surface area contributed by atoms with Crippen LogP contribution in [0.2, 0.25) is 0 Å². The van der Waals surface area contributed by atoms with E-state index in [2.05, 4.69) is 27.7 Å². The number of rotatable bonds is 28. The molecule has 0 amide bonds. The Morgan fingerprint density at radius 1 is 0.333 bits per heavy atom. The summed E-state index contributed by atoms with van der Waals surface area (Å²) in [5.41, 5.74) is 0. The largest absolute Gasteiger partial charge is 2.00 e. The Hall–Kier alpha value is 0.886. The zero-order valence-corrected chi connectivity index (χ0v) is 29.5. The molecule has 0 N–H and O–H groups in total. The van der Waals surface area contributed by atoms with Gasteiger partial charge in [0.1, 0.15) is 0 Å². The Morgan fingerprint density at radius 2 is 0.487 bits per heavy atom. The quantitative estimate of drug-likeness (QED) is 0.0631. The van der Waals surface area contributed by atoms with Crippen molar-refractivity contribution in [2.75, 3.05) is 24.6 Å². The van der Waals surface area contributed by atoms with Gasteiger partial charge in [0.2, 0.25) is 0 Å². The molecule has 1 radical (unpaired) electrons. The van der Waals surface area contributed by atoms with Gasteiger partial charge in [0, 0.05) is 14.7 Å². The maximum atomic E-state index is 11.8. The summed E-state index contributed by atoms with van der Waals surface area (Å²) >= 11 is 0. The molecule has 0 aromatic heterocycles. The first kappa shape index (κ1) is 44.3. The van der Waals surface area contributed by atoms with Gasteiger partial charge >= 0.3 is 16.8 Å². The van der Waals surface area contributed by atoms with Gasteiger partial charge in [-0.2, -0.15) is 0 Å². The molecule has 0 aliphatic heterocycles. The summed E-state index contributed by atoms with van der Waals surface area (Å²) in [4.78, 5) is 23.7. The predicted molar refractivity (Wildman–Crippen MR) is 168 cm³/mol. The van der Waals surface area contributed by atoms with Crippen LogP contribution in [-0.2, 0) is 25.9 Å². The first-order chi connectivity index (χ1) is 18.2. The van der Waals surface area contributed by atoms with Crippen LogP contribution in [0.3, 0.4) is 0 Å². The molecule has 239 valence electrons. The van der Waals surface area contributed by atoms with E-state index in [0.29, 0.717) is 24.6 Å². The van der Waals surface area contributed by atoms with E-state index in [-0.39, 0.29) is 16.8 Å². The third-order valence-corrected chi connectivity index (χ3v) is 11.4. The Morgan fingerprint density at radius 3 is 0.667 bits per heavy atom. The molecule has 7 heteroatoms. The molecule has 0 unspecified atom stereocenters. The summed E-state index contributed by atoms with van der Waals surface area (Å²) in [6.07, 6.45) is 29.6. The van der Waals surface area contributed by atoms with E-state index < -0.39 is 14.7 Å². The van der Waals surface area contributed by atoms with Crippen LogP contribution in [0.1, 0.15) is 182 Å². The average molecular weight is 638 g/mol. The van der Waals surface area contributed by atoms with E-state index in [1.165, 1.54) is 103 Å². The second kappa shape index (κ2) is 33.4. The van der Waals surface area contributed by atoms with E-state index in [4.69, 9.17) is 0 Å². The van der Waals surface area contributed by atoms with Crippen LogP contribution >= 0.6 is 14.7 Å². The van der Waals surface area contributed by atoms with Gasteiger partial charge in [0.15, 0.2) is 0 Å². The van der Waals surface area contributed by atoms with E-state index in [0.717, 1.165) is 51.4 Å². The molecule has 0 fully saturated rings. The zero-order valence-electron chi connectivity index (χ0n) is 26.7. The zero-order chi connectivity index (χ0) is 28.8. The van der Waals surface area contributed by atoms with Gasteiger partial charge in [-0.1, -0.05) is 156 Å². The fourth-order valence-corrected chi connectivity index (χ4v) is 8.02. The molecule has 0 heterocycles. The van der Waals surface area contributed by atoms with Crippen LogP contribution in [0.5, 0.6) is 0 Å². The van der Waals surface area contributed by atoms with E-state index >= 15 is 0 Å². The third-order valence-electron chi connectivity index (χ3n) is 7.41. The van der Waals surface area contributed by atoms with Crippen molar-refractivity contribution in [3.05, 3.63) is 0 Å². The molecule has 0 atom stereocenters. The summed E-state index contributed by atoms with van der Waals surface area (Å²) in [5, 5.41) is 0. The summed E-state index contributed by atoms with van der Waals surface area (Å²) in [7, 11) is -6.11. The van der Waals surface area contributed by atoms with Gasteiger partial charge in [-0.15, -0.1) is 0 Å². The maximum absolute atomic E-state index is 11.8. The molecule has 0 saturated carbocycles. The van der Waals surface area contributed by atoms with Crippen molar-refractivity contribution < 1.29 is 35.7 Å². The predicted octanol–water partition coefficient (Wildman–Crippen LogP) is 10.7. The summed E-state index contributed by atoms with van der Waals surface area (Å²) < 4.78 is 23.7. The molecule has 0 aliphatic carbocycles. The second-order valence-electron chi connectivity index (χ2n) is 11.6. The minimum absolute atomic E-state index is 0. The standard InChI is InChI=1S/2C16H35O2P.Co/c2*1-3-5-7-9-11-13-15-19(17,18)16-14-12-10-8-6-4-2;/h2*3-16H2,1-2H3,(H,17,18);/q;;+2/p-2.